The summed E-state index contributed by atoms with van der Waals surface area (Å²) in [7, 11) is 1.34. The van der Waals surface area contributed by atoms with E-state index in [-0.39, 0.29) is 45.9 Å². The minimum Gasteiger partial charge on any atom is -0.384 e. The van der Waals surface area contributed by atoms with Crippen LogP contribution in [0.2, 0.25) is 0 Å². The van der Waals surface area contributed by atoms with Gasteiger partial charge in [-0.15, -0.1) is 0 Å². The highest BCUT2D eigenvalue weighted by atomic mass is 19.4. The summed E-state index contributed by atoms with van der Waals surface area (Å²) >= 11 is 0. The van der Waals surface area contributed by atoms with Gasteiger partial charge >= 0.3 is 18.3 Å². The van der Waals surface area contributed by atoms with Crippen LogP contribution in [0.15, 0.2) is 52.2 Å². The third kappa shape index (κ3) is 5.29. The Hall–Kier alpha value is -4.51. The van der Waals surface area contributed by atoms with Crippen molar-refractivity contribution in [1.82, 2.24) is 29.9 Å². The number of hydrogen-bond donors (Lipinski definition) is 2. The summed E-state index contributed by atoms with van der Waals surface area (Å²) in [5.41, 5.74) is 3.32. The van der Waals surface area contributed by atoms with Crippen LogP contribution >= 0.6 is 0 Å². The molecule has 0 bridgehead atoms. The SMILES string of the molecule is C/N=C(/N)C1=C(/N=C/c2cn3ncnc3c(CCC(F)(F)C(F)(F)F)n2)NC(=O)C1(c1ccc(C(F)(F)F)cn1)C1CC1. The van der Waals surface area contributed by atoms with Gasteiger partial charge < -0.3 is 11.1 Å². The van der Waals surface area contributed by atoms with E-state index in [0.717, 1.165) is 29.2 Å². The maximum atomic E-state index is 13.6. The topological polar surface area (TPSA) is 136 Å². The first-order valence-electron chi connectivity index (χ1n) is 12.6. The van der Waals surface area contributed by atoms with Crippen molar-refractivity contribution < 1.29 is 39.9 Å². The van der Waals surface area contributed by atoms with E-state index in [1.807, 2.05) is 0 Å². The van der Waals surface area contributed by atoms with Crippen molar-refractivity contribution in [3.05, 3.63) is 64.9 Å². The van der Waals surface area contributed by atoms with E-state index < -0.39 is 48.0 Å². The number of nitrogens with one attached hydrogen (secondary N) is 1. The van der Waals surface area contributed by atoms with Crippen LogP contribution in [0, 0.1) is 5.92 Å². The van der Waals surface area contributed by atoms with Gasteiger partial charge in [0.2, 0.25) is 5.91 Å². The highest BCUT2D eigenvalue weighted by Crippen LogP contribution is 2.54. The minimum absolute atomic E-state index is 0.00217. The van der Waals surface area contributed by atoms with E-state index >= 15 is 0 Å². The highest BCUT2D eigenvalue weighted by Gasteiger charge is 2.61. The number of amidine groups is 1. The van der Waals surface area contributed by atoms with E-state index in [2.05, 4.69) is 35.4 Å². The van der Waals surface area contributed by atoms with Crippen LogP contribution in [0.3, 0.4) is 0 Å². The molecule has 1 unspecified atom stereocenters. The van der Waals surface area contributed by atoms with Crippen molar-refractivity contribution in [3.8, 4) is 0 Å². The predicted octanol–water partition coefficient (Wildman–Crippen LogP) is 3.76. The second kappa shape index (κ2) is 10.3. The Kier molecular flexibility index (Phi) is 7.20. The van der Waals surface area contributed by atoms with Gasteiger partial charge in [0, 0.05) is 19.7 Å². The van der Waals surface area contributed by atoms with Gasteiger partial charge in [-0.25, -0.2) is 19.5 Å². The van der Waals surface area contributed by atoms with Crippen molar-refractivity contribution in [3.63, 3.8) is 0 Å². The standard InChI is InChI=1S/C25H21F8N9O/c1-35-18(34)17-19(41-21(43)23(17,12-2-3-12)16-5-4-13(8-36-16)24(28,29)30)37-9-14-10-42-20(38-11-39-42)15(40-14)6-7-22(26,27)25(31,32)33/h4-5,8-12H,2-3,6-7H2,1H3,(H2,34,35)(H,41,43)/b37-9+. The first kappa shape index (κ1) is 30.0. The molecule has 1 saturated carbocycles. The van der Waals surface area contributed by atoms with Gasteiger partial charge in [-0.05, 0) is 37.3 Å². The molecule has 4 heterocycles. The van der Waals surface area contributed by atoms with Crippen LogP contribution in [0.25, 0.3) is 5.65 Å². The van der Waals surface area contributed by atoms with Gasteiger partial charge in [-0.3, -0.25) is 14.8 Å². The number of nitrogens with zero attached hydrogens (tertiary/aromatic N) is 7. The summed E-state index contributed by atoms with van der Waals surface area (Å²) in [6, 6.07) is 1.90. The lowest BCUT2D eigenvalue weighted by molar-refractivity contribution is -0.284. The summed E-state index contributed by atoms with van der Waals surface area (Å²) < 4.78 is 106. The number of carbonyl (C=O) groups excluding carboxylic acids is 1. The molecule has 1 atom stereocenters. The van der Waals surface area contributed by atoms with Crippen LogP contribution in [0.4, 0.5) is 35.1 Å². The summed E-state index contributed by atoms with van der Waals surface area (Å²) in [4.78, 5) is 33.8. The number of fused-ring (bicyclic) bond motifs is 1. The van der Waals surface area contributed by atoms with Gasteiger partial charge in [0.1, 0.15) is 29.1 Å². The average molecular weight is 615 g/mol. The molecule has 1 amide bonds. The molecule has 43 heavy (non-hydrogen) atoms. The maximum Gasteiger partial charge on any atom is 0.453 e. The summed E-state index contributed by atoms with van der Waals surface area (Å²) in [6.45, 7) is 0. The van der Waals surface area contributed by atoms with Gasteiger partial charge in [-0.2, -0.15) is 40.2 Å². The van der Waals surface area contributed by atoms with Crippen LogP contribution in [0.5, 0.6) is 0 Å². The Bertz CT molecular complexity index is 1650. The van der Waals surface area contributed by atoms with Gasteiger partial charge in [-0.1, -0.05) is 0 Å². The molecule has 0 spiro atoms. The van der Waals surface area contributed by atoms with Crippen molar-refractivity contribution in [2.24, 2.45) is 21.6 Å². The fourth-order valence-electron chi connectivity index (χ4n) is 4.94. The molecule has 0 saturated heterocycles. The van der Waals surface area contributed by atoms with Crippen molar-refractivity contribution >= 4 is 23.6 Å². The summed E-state index contributed by atoms with van der Waals surface area (Å²) in [5, 5.41) is 6.47. The number of aromatic nitrogens is 5. The van der Waals surface area contributed by atoms with Crippen LogP contribution in [0.1, 0.15) is 41.9 Å². The van der Waals surface area contributed by atoms with Gasteiger partial charge in [0.15, 0.2) is 5.65 Å². The molecular weight excluding hydrogens is 594 g/mol. The number of halogens is 8. The number of aryl methyl sites for hydroxylation is 1. The summed E-state index contributed by atoms with van der Waals surface area (Å²) in [5.74, 6) is -6.27. The molecule has 2 aliphatic rings. The Labute approximate surface area is 236 Å². The Morgan fingerprint density at radius 2 is 1.88 bits per heavy atom. The number of amides is 1. The molecule has 3 N–H and O–H groups in total. The fraction of sp³-hybridized carbons (Fsp3) is 0.400. The normalized spacial score (nSPS) is 20.5. The number of nitrogens with two attached hydrogens (primary N) is 1. The zero-order chi connectivity index (χ0) is 31.4. The lowest BCUT2D eigenvalue weighted by Gasteiger charge is -2.29. The number of rotatable bonds is 8. The number of alkyl halides is 8. The molecule has 0 aromatic carbocycles. The predicted molar refractivity (Wildman–Crippen MR) is 134 cm³/mol. The number of hydrogen-bond acceptors (Lipinski definition) is 7. The van der Waals surface area contributed by atoms with E-state index in [4.69, 9.17) is 5.73 Å². The zero-order valence-corrected chi connectivity index (χ0v) is 22.0. The lowest BCUT2D eigenvalue weighted by Crippen LogP contribution is -2.44. The van der Waals surface area contributed by atoms with Crippen molar-refractivity contribution in [2.45, 2.75) is 49.4 Å². The molecule has 5 rings (SSSR count). The molecule has 3 aromatic rings. The smallest absolute Gasteiger partial charge is 0.384 e. The molecule has 228 valence electrons. The van der Waals surface area contributed by atoms with E-state index in [1.165, 1.54) is 13.2 Å². The molecule has 0 radical (unpaired) electrons. The third-order valence-corrected chi connectivity index (χ3v) is 7.17. The number of carbonyl (C=O) groups is 1. The molecule has 3 aromatic heterocycles. The van der Waals surface area contributed by atoms with E-state index in [0.29, 0.717) is 19.0 Å². The Morgan fingerprint density at radius 1 is 1.16 bits per heavy atom. The zero-order valence-electron chi connectivity index (χ0n) is 22.0. The highest BCUT2D eigenvalue weighted by molar-refractivity contribution is 6.12. The largest absolute Gasteiger partial charge is 0.453 e. The Morgan fingerprint density at radius 3 is 2.47 bits per heavy atom. The Balaban J connectivity index is 1.56. The number of pyridine rings is 1. The number of aliphatic imine (C=N–C) groups is 2. The summed E-state index contributed by atoms with van der Waals surface area (Å²) in [6.07, 6.45) is -7.71. The lowest BCUT2D eigenvalue weighted by atomic mass is 9.72. The molecule has 1 fully saturated rings. The molecule has 10 nitrogen and oxygen atoms in total. The second-order valence-corrected chi connectivity index (χ2v) is 9.90. The van der Waals surface area contributed by atoms with Crippen molar-refractivity contribution in [1.29, 1.82) is 0 Å². The van der Waals surface area contributed by atoms with Gasteiger partial charge in [0.05, 0.1) is 34.9 Å². The third-order valence-electron chi connectivity index (χ3n) is 7.17. The monoisotopic (exact) mass is 615 g/mol. The van der Waals surface area contributed by atoms with E-state index in [9.17, 15) is 39.9 Å². The average Bonchev–Trinajstić information content (AvgIpc) is 3.59. The van der Waals surface area contributed by atoms with Crippen LogP contribution in [-0.4, -0.2) is 61.7 Å². The quantitative estimate of drug-likeness (QED) is 0.225. The minimum atomic E-state index is -5.75. The fourth-order valence-corrected chi connectivity index (χ4v) is 4.94. The van der Waals surface area contributed by atoms with Crippen LogP contribution < -0.4 is 11.1 Å². The molecule has 18 heteroatoms. The first-order valence-corrected chi connectivity index (χ1v) is 12.6. The first-order chi connectivity index (χ1) is 20.1. The molecule has 1 aliphatic heterocycles. The van der Waals surface area contributed by atoms with Gasteiger partial charge in [0.25, 0.3) is 0 Å². The second-order valence-electron chi connectivity index (χ2n) is 9.90. The molecular formula is C25H21F8N9O. The molecule has 1 aliphatic carbocycles. The van der Waals surface area contributed by atoms with Crippen LogP contribution in [-0.2, 0) is 22.8 Å². The van der Waals surface area contributed by atoms with E-state index in [1.54, 1.807) is 0 Å². The maximum absolute atomic E-state index is 13.6. The van der Waals surface area contributed by atoms with Crippen molar-refractivity contribution in [2.75, 3.05) is 7.05 Å².